The fourth-order valence-corrected chi connectivity index (χ4v) is 4.21. The molecule has 1 aliphatic heterocycles. The predicted octanol–water partition coefficient (Wildman–Crippen LogP) is 5.43. The molecule has 4 nitrogen and oxygen atoms in total. The van der Waals surface area contributed by atoms with Crippen LogP contribution in [0.5, 0.6) is 5.75 Å². The van der Waals surface area contributed by atoms with Gasteiger partial charge in [0.05, 0.1) is 5.52 Å². The number of amides is 1. The summed E-state index contributed by atoms with van der Waals surface area (Å²) in [5, 5.41) is 0.974. The van der Waals surface area contributed by atoms with Gasteiger partial charge in [-0.1, -0.05) is 49.9 Å². The molecule has 4 heteroatoms. The minimum Gasteiger partial charge on any atom is -0.489 e. The Morgan fingerprint density at radius 1 is 1.17 bits per heavy atom. The summed E-state index contributed by atoms with van der Waals surface area (Å²) in [6, 6.07) is 16.4. The highest BCUT2D eigenvalue weighted by Gasteiger charge is 2.26. The number of benzene rings is 2. The molecule has 30 heavy (non-hydrogen) atoms. The molecule has 1 amide bonds. The smallest absolute Gasteiger partial charge is 0.270 e. The van der Waals surface area contributed by atoms with E-state index in [9.17, 15) is 4.79 Å². The van der Waals surface area contributed by atoms with E-state index in [4.69, 9.17) is 4.74 Å². The molecule has 0 atom stereocenters. The van der Waals surface area contributed by atoms with Crippen LogP contribution < -0.4 is 4.74 Å². The molecule has 0 N–H and O–H groups in total. The van der Waals surface area contributed by atoms with E-state index in [1.807, 2.05) is 23.1 Å². The lowest BCUT2D eigenvalue weighted by Gasteiger charge is -2.30. The Labute approximate surface area is 178 Å². The highest BCUT2D eigenvalue weighted by molar-refractivity contribution is 6.00. The van der Waals surface area contributed by atoms with Crippen molar-refractivity contribution in [1.29, 1.82) is 0 Å². The number of fused-ring (bicyclic) bond motifs is 1. The van der Waals surface area contributed by atoms with Crippen molar-refractivity contribution in [2.45, 2.75) is 33.2 Å². The molecule has 1 saturated heterocycles. The molecular formula is C26H30N2O2. The monoisotopic (exact) mass is 402 g/mol. The zero-order chi connectivity index (χ0) is 21.1. The van der Waals surface area contributed by atoms with Crippen LogP contribution in [0.3, 0.4) is 0 Å². The highest BCUT2D eigenvalue weighted by Crippen LogP contribution is 2.31. The van der Waals surface area contributed by atoms with Gasteiger partial charge in [-0.25, -0.2) is 0 Å². The summed E-state index contributed by atoms with van der Waals surface area (Å²) < 4.78 is 8.05. The molecule has 1 fully saturated rings. The van der Waals surface area contributed by atoms with Crippen molar-refractivity contribution in [1.82, 2.24) is 9.47 Å². The van der Waals surface area contributed by atoms with E-state index in [-0.39, 0.29) is 5.91 Å². The zero-order valence-corrected chi connectivity index (χ0v) is 17.9. The van der Waals surface area contributed by atoms with E-state index in [2.05, 4.69) is 55.3 Å². The van der Waals surface area contributed by atoms with Gasteiger partial charge in [0, 0.05) is 25.0 Å². The Kier molecular flexibility index (Phi) is 5.93. The van der Waals surface area contributed by atoms with Gasteiger partial charge in [-0.05, 0) is 55.0 Å². The van der Waals surface area contributed by atoms with Crippen LogP contribution in [0.2, 0.25) is 0 Å². The SMILES string of the molecule is C=CCOc1cccc2c1cc(C(=O)N1CCC(C)CC1)n2Cc1ccccc1C. The van der Waals surface area contributed by atoms with Crippen LogP contribution in [0.25, 0.3) is 10.9 Å². The number of rotatable bonds is 6. The molecule has 156 valence electrons. The van der Waals surface area contributed by atoms with Crippen molar-refractivity contribution in [3.05, 3.63) is 78.0 Å². The Balaban J connectivity index is 1.79. The van der Waals surface area contributed by atoms with E-state index in [0.717, 1.165) is 48.3 Å². The number of hydrogen-bond acceptors (Lipinski definition) is 2. The largest absolute Gasteiger partial charge is 0.489 e. The van der Waals surface area contributed by atoms with Gasteiger partial charge in [0.25, 0.3) is 5.91 Å². The summed E-state index contributed by atoms with van der Waals surface area (Å²) in [6.45, 7) is 10.9. The molecule has 3 aromatic rings. The summed E-state index contributed by atoms with van der Waals surface area (Å²) >= 11 is 0. The van der Waals surface area contributed by atoms with Crippen molar-refractivity contribution in [3.63, 3.8) is 0 Å². The van der Waals surface area contributed by atoms with Crippen LogP contribution in [0.1, 0.15) is 41.4 Å². The van der Waals surface area contributed by atoms with Crippen molar-refractivity contribution in [2.75, 3.05) is 19.7 Å². The highest BCUT2D eigenvalue weighted by atomic mass is 16.5. The maximum Gasteiger partial charge on any atom is 0.270 e. The Morgan fingerprint density at radius 3 is 2.67 bits per heavy atom. The van der Waals surface area contributed by atoms with Crippen LogP contribution in [0, 0.1) is 12.8 Å². The second-order valence-corrected chi connectivity index (χ2v) is 8.31. The molecule has 2 aromatic carbocycles. The van der Waals surface area contributed by atoms with Crippen molar-refractivity contribution >= 4 is 16.8 Å². The van der Waals surface area contributed by atoms with Crippen LogP contribution in [0.4, 0.5) is 0 Å². The molecule has 1 aromatic heterocycles. The first kappa shape index (κ1) is 20.3. The maximum atomic E-state index is 13.5. The minimum atomic E-state index is 0.112. The van der Waals surface area contributed by atoms with Crippen LogP contribution in [0.15, 0.2) is 61.2 Å². The van der Waals surface area contributed by atoms with E-state index >= 15 is 0 Å². The molecule has 0 unspecified atom stereocenters. The fraction of sp³-hybridized carbons (Fsp3) is 0.346. The minimum absolute atomic E-state index is 0.112. The van der Waals surface area contributed by atoms with Crippen LogP contribution >= 0.6 is 0 Å². The second-order valence-electron chi connectivity index (χ2n) is 8.31. The summed E-state index contributed by atoms with van der Waals surface area (Å²) in [6.07, 6.45) is 3.87. The lowest BCUT2D eigenvalue weighted by molar-refractivity contribution is 0.0687. The third-order valence-electron chi connectivity index (χ3n) is 6.14. The van der Waals surface area contributed by atoms with E-state index < -0.39 is 0 Å². The number of aryl methyl sites for hydroxylation is 1. The van der Waals surface area contributed by atoms with Gasteiger partial charge in [0.2, 0.25) is 0 Å². The first-order chi connectivity index (χ1) is 14.6. The van der Waals surface area contributed by atoms with Gasteiger partial charge in [0.1, 0.15) is 18.1 Å². The predicted molar refractivity (Wildman–Crippen MR) is 122 cm³/mol. The Hall–Kier alpha value is -3.01. The number of piperidine rings is 1. The van der Waals surface area contributed by atoms with E-state index in [1.54, 1.807) is 6.08 Å². The number of carbonyl (C=O) groups excluding carboxylic acids is 1. The third-order valence-corrected chi connectivity index (χ3v) is 6.14. The average Bonchev–Trinajstić information content (AvgIpc) is 3.13. The zero-order valence-electron chi connectivity index (χ0n) is 17.9. The summed E-state index contributed by atoms with van der Waals surface area (Å²) in [5.74, 6) is 1.59. The second kappa shape index (κ2) is 8.78. The van der Waals surface area contributed by atoms with Gasteiger partial charge in [-0.3, -0.25) is 4.79 Å². The molecule has 0 bridgehead atoms. The standard InChI is InChI=1S/C26H30N2O2/c1-4-16-30-25-11-7-10-23-22(25)17-24(26(29)27-14-12-19(2)13-15-27)28(23)18-21-9-6-5-8-20(21)3/h4-11,17,19H,1,12-16,18H2,2-3H3. The Morgan fingerprint density at radius 2 is 1.93 bits per heavy atom. The van der Waals surface area contributed by atoms with Gasteiger partial charge < -0.3 is 14.2 Å². The molecule has 2 heterocycles. The average molecular weight is 403 g/mol. The number of carbonyl (C=O) groups is 1. The molecule has 0 saturated carbocycles. The van der Waals surface area contributed by atoms with Gasteiger partial charge in [-0.15, -0.1) is 0 Å². The summed E-state index contributed by atoms with van der Waals surface area (Å²) in [5.41, 5.74) is 4.20. The lowest BCUT2D eigenvalue weighted by atomic mass is 9.99. The van der Waals surface area contributed by atoms with Crippen LogP contribution in [-0.4, -0.2) is 35.1 Å². The maximum absolute atomic E-state index is 13.5. The van der Waals surface area contributed by atoms with Crippen molar-refractivity contribution < 1.29 is 9.53 Å². The lowest BCUT2D eigenvalue weighted by Crippen LogP contribution is -2.38. The van der Waals surface area contributed by atoms with Gasteiger partial charge >= 0.3 is 0 Å². The first-order valence-electron chi connectivity index (χ1n) is 10.8. The number of nitrogens with zero attached hydrogens (tertiary/aromatic N) is 2. The van der Waals surface area contributed by atoms with Gasteiger partial charge in [0.15, 0.2) is 0 Å². The number of ether oxygens (including phenoxy) is 1. The summed E-state index contributed by atoms with van der Waals surface area (Å²) in [4.78, 5) is 15.6. The van der Waals surface area contributed by atoms with Crippen molar-refractivity contribution in [2.24, 2.45) is 5.92 Å². The fourth-order valence-electron chi connectivity index (χ4n) is 4.21. The molecule has 1 aliphatic rings. The first-order valence-corrected chi connectivity index (χ1v) is 10.8. The molecule has 4 rings (SSSR count). The Bertz CT molecular complexity index is 1060. The third kappa shape index (κ3) is 4.00. The normalized spacial score (nSPS) is 14.8. The van der Waals surface area contributed by atoms with Gasteiger partial charge in [-0.2, -0.15) is 0 Å². The molecule has 0 aliphatic carbocycles. The topological polar surface area (TPSA) is 34.5 Å². The molecular weight excluding hydrogens is 372 g/mol. The number of aromatic nitrogens is 1. The molecule has 0 radical (unpaired) electrons. The number of likely N-dealkylation sites (tertiary alicyclic amines) is 1. The number of hydrogen-bond donors (Lipinski definition) is 0. The quantitative estimate of drug-likeness (QED) is 0.515. The van der Waals surface area contributed by atoms with E-state index in [1.165, 1.54) is 11.1 Å². The van der Waals surface area contributed by atoms with Crippen molar-refractivity contribution in [3.8, 4) is 5.75 Å². The van der Waals surface area contributed by atoms with Crippen LogP contribution in [-0.2, 0) is 6.54 Å². The summed E-state index contributed by atoms with van der Waals surface area (Å²) in [7, 11) is 0. The van der Waals surface area contributed by atoms with E-state index in [0.29, 0.717) is 19.1 Å². The molecule has 0 spiro atoms.